The smallest absolute Gasteiger partial charge is 0.223 e. The molecular weight excluding hydrogens is 347 g/mol. The van der Waals surface area contributed by atoms with Crippen LogP contribution in [0.15, 0.2) is 28.8 Å². The normalized spacial score (nSPS) is 15.3. The minimum absolute atomic E-state index is 0.124. The summed E-state index contributed by atoms with van der Waals surface area (Å²) in [5.74, 6) is 1.91. The predicted octanol–water partition coefficient (Wildman–Crippen LogP) is 4.84. The summed E-state index contributed by atoms with van der Waals surface area (Å²) in [6, 6.07) is 5.53. The topological polar surface area (TPSA) is 46.3 Å². The molecule has 1 aromatic carbocycles. The van der Waals surface area contributed by atoms with Crippen LogP contribution in [0.2, 0.25) is 10.0 Å². The summed E-state index contributed by atoms with van der Waals surface area (Å²) < 4.78 is 5.73. The quantitative estimate of drug-likeness (QED) is 0.734. The van der Waals surface area contributed by atoms with Crippen LogP contribution in [0.3, 0.4) is 0 Å². The van der Waals surface area contributed by atoms with Crippen molar-refractivity contribution in [3.05, 3.63) is 40.3 Å². The first-order valence-electron chi connectivity index (χ1n) is 8.11. The number of nitrogens with zero attached hydrogens (tertiary/aromatic N) is 2. The summed E-state index contributed by atoms with van der Waals surface area (Å²) in [6.07, 6.45) is 4.95. The Labute approximate surface area is 151 Å². The molecule has 0 N–H and O–H groups in total. The number of aryl methyl sites for hydroxylation is 1. The molecule has 0 spiro atoms. The molecule has 0 saturated heterocycles. The highest BCUT2D eigenvalue weighted by molar-refractivity contribution is 6.36. The van der Waals surface area contributed by atoms with E-state index < -0.39 is 0 Å². The maximum absolute atomic E-state index is 12.3. The van der Waals surface area contributed by atoms with Gasteiger partial charge in [0.2, 0.25) is 5.91 Å². The summed E-state index contributed by atoms with van der Waals surface area (Å²) >= 11 is 12.1. The van der Waals surface area contributed by atoms with E-state index >= 15 is 0 Å². The number of oxazole rings is 1. The monoisotopic (exact) mass is 366 g/mol. The maximum atomic E-state index is 12.3. The van der Waals surface area contributed by atoms with E-state index in [-0.39, 0.29) is 5.91 Å². The SMILES string of the molecule is CC(C1CC1)N(C)C(=O)CCc1ncc(-c2ccc(Cl)cc2Cl)o1. The van der Waals surface area contributed by atoms with Gasteiger partial charge in [-0.2, -0.15) is 0 Å². The Balaban J connectivity index is 1.60. The van der Waals surface area contributed by atoms with Gasteiger partial charge in [0.15, 0.2) is 11.7 Å². The number of rotatable bonds is 6. The van der Waals surface area contributed by atoms with Gasteiger partial charge in [-0.15, -0.1) is 0 Å². The van der Waals surface area contributed by atoms with Crippen molar-refractivity contribution in [3.63, 3.8) is 0 Å². The summed E-state index contributed by atoms with van der Waals surface area (Å²) in [4.78, 5) is 18.4. The van der Waals surface area contributed by atoms with Gasteiger partial charge in [-0.05, 0) is 43.9 Å². The van der Waals surface area contributed by atoms with Gasteiger partial charge in [0.1, 0.15) is 0 Å². The highest BCUT2D eigenvalue weighted by atomic mass is 35.5. The number of halogens is 2. The van der Waals surface area contributed by atoms with Crippen LogP contribution in [0.4, 0.5) is 0 Å². The van der Waals surface area contributed by atoms with Crippen LogP contribution in [0.25, 0.3) is 11.3 Å². The molecule has 128 valence electrons. The number of carbonyl (C=O) groups is 1. The standard InChI is InChI=1S/C18H20Cl2N2O2/c1-11(12-3-4-12)22(2)18(23)8-7-17-21-10-16(24-17)14-6-5-13(19)9-15(14)20/h5-6,9-12H,3-4,7-8H2,1-2H3. The Morgan fingerprint density at radius 2 is 2.17 bits per heavy atom. The summed E-state index contributed by atoms with van der Waals surface area (Å²) in [7, 11) is 1.87. The van der Waals surface area contributed by atoms with E-state index in [1.165, 1.54) is 12.8 Å². The van der Waals surface area contributed by atoms with Gasteiger partial charge in [0.25, 0.3) is 0 Å². The summed E-state index contributed by atoms with van der Waals surface area (Å²) in [5, 5.41) is 1.08. The maximum Gasteiger partial charge on any atom is 0.223 e. The molecular formula is C18H20Cl2N2O2. The van der Waals surface area contributed by atoms with Crippen LogP contribution in [-0.4, -0.2) is 28.9 Å². The zero-order chi connectivity index (χ0) is 17.3. The number of hydrogen-bond donors (Lipinski definition) is 0. The molecule has 2 aromatic rings. The lowest BCUT2D eigenvalue weighted by molar-refractivity contribution is -0.132. The first kappa shape index (κ1) is 17.3. The van der Waals surface area contributed by atoms with Gasteiger partial charge in [-0.1, -0.05) is 23.2 Å². The molecule has 1 saturated carbocycles. The first-order chi connectivity index (χ1) is 11.5. The van der Waals surface area contributed by atoms with Crippen LogP contribution < -0.4 is 0 Å². The third-order valence-electron chi connectivity index (χ3n) is 4.61. The zero-order valence-electron chi connectivity index (χ0n) is 13.8. The van der Waals surface area contributed by atoms with E-state index in [1.54, 1.807) is 24.4 Å². The van der Waals surface area contributed by atoms with Crippen LogP contribution in [0.1, 0.15) is 32.1 Å². The van der Waals surface area contributed by atoms with Crippen LogP contribution in [-0.2, 0) is 11.2 Å². The van der Waals surface area contributed by atoms with E-state index in [0.717, 1.165) is 5.56 Å². The molecule has 1 aliphatic carbocycles. The lowest BCUT2D eigenvalue weighted by atomic mass is 10.1. The van der Waals surface area contributed by atoms with Crippen molar-refractivity contribution in [2.75, 3.05) is 7.05 Å². The second-order valence-electron chi connectivity index (χ2n) is 6.33. The Hall–Kier alpha value is -1.52. The number of aromatic nitrogens is 1. The molecule has 1 aliphatic rings. The fourth-order valence-corrected chi connectivity index (χ4v) is 3.25. The summed E-state index contributed by atoms with van der Waals surface area (Å²) in [6.45, 7) is 2.11. The molecule has 0 bridgehead atoms. The second kappa shape index (κ2) is 7.16. The van der Waals surface area contributed by atoms with Crippen molar-refractivity contribution in [2.24, 2.45) is 5.92 Å². The van der Waals surface area contributed by atoms with Crippen molar-refractivity contribution < 1.29 is 9.21 Å². The molecule has 0 radical (unpaired) electrons. The predicted molar refractivity (Wildman–Crippen MR) is 95.2 cm³/mol. The van der Waals surface area contributed by atoms with E-state index in [2.05, 4.69) is 11.9 Å². The van der Waals surface area contributed by atoms with Crippen LogP contribution in [0.5, 0.6) is 0 Å². The average Bonchev–Trinajstić information content (AvgIpc) is 3.30. The fraction of sp³-hybridized carbons (Fsp3) is 0.444. The van der Waals surface area contributed by atoms with E-state index in [9.17, 15) is 4.79 Å². The number of amides is 1. The molecule has 0 aliphatic heterocycles. The van der Waals surface area contributed by atoms with Crippen molar-refractivity contribution >= 4 is 29.1 Å². The lowest BCUT2D eigenvalue weighted by Crippen LogP contribution is -2.36. The average molecular weight is 367 g/mol. The Morgan fingerprint density at radius 3 is 2.83 bits per heavy atom. The van der Waals surface area contributed by atoms with Crippen molar-refractivity contribution in [1.29, 1.82) is 0 Å². The van der Waals surface area contributed by atoms with E-state index in [1.807, 2.05) is 11.9 Å². The minimum atomic E-state index is 0.124. The zero-order valence-corrected chi connectivity index (χ0v) is 15.3. The van der Waals surface area contributed by atoms with Crippen molar-refractivity contribution in [1.82, 2.24) is 9.88 Å². The molecule has 3 rings (SSSR count). The number of benzene rings is 1. The Kier molecular flexibility index (Phi) is 5.16. The molecule has 1 fully saturated rings. The van der Waals surface area contributed by atoms with Gasteiger partial charge < -0.3 is 9.32 Å². The Bertz CT molecular complexity index is 740. The molecule has 6 heteroatoms. The van der Waals surface area contributed by atoms with E-state index in [4.69, 9.17) is 27.6 Å². The second-order valence-corrected chi connectivity index (χ2v) is 7.17. The van der Waals surface area contributed by atoms with Crippen molar-refractivity contribution in [2.45, 2.75) is 38.6 Å². The van der Waals surface area contributed by atoms with Gasteiger partial charge in [0.05, 0.1) is 11.2 Å². The number of hydrogen-bond acceptors (Lipinski definition) is 3. The highest BCUT2D eigenvalue weighted by Gasteiger charge is 2.32. The third kappa shape index (κ3) is 3.93. The Morgan fingerprint density at radius 1 is 1.42 bits per heavy atom. The molecule has 24 heavy (non-hydrogen) atoms. The number of carbonyl (C=O) groups excluding carboxylic acids is 1. The fourth-order valence-electron chi connectivity index (χ4n) is 2.75. The third-order valence-corrected chi connectivity index (χ3v) is 5.16. The van der Waals surface area contributed by atoms with Gasteiger partial charge in [-0.25, -0.2) is 4.98 Å². The lowest BCUT2D eigenvalue weighted by Gasteiger charge is -2.24. The van der Waals surface area contributed by atoms with Gasteiger partial charge >= 0.3 is 0 Å². The molecule has 1 amide bonds. The highest BCUT2D eigenvalue weighted by Crippen LogP contribution is 2.35. The first-order valence-corrected chi connectivity index (χ1v) is 8.87. The molecule has 1 atom stereocenters. The van der Waals surface area contributed by atoms with Crippen LogP contribution in [0, 0.1) is 5.92 Å². The molecule has 1 unspecified atom stereocenters. The molecule has 1 heterocycles. The summed E-state index contributed by atoms with van der Waals surface area (Å²) in [5.41, 5.74) is 0.741. The van der Waals surface area contributed by atoms with Gasteiger partial charge in [-0.3, -0.25) is 4.79 Å². The molecule has 4 nitrogen and oxygen atoms in total. The van der Waals surface area contributed by atoms with Gasteiger partial charge in [0, 0.05) is 36.5 Å². The molecule has 1 aromatic heterocycles. The van der Waals surface area contributed by atoms with E-state index in [0.29, 0.717) is 46.5 Å². The minimum Gasteiger partial charge on any atom is -0.441 e. The van der Waals surface area contributed by atoms with Crippen LogP contribution >= 0.6 is 23.2 Å². The largest absolute Gasteiger partial charge is 0.441 e. The van der Waals surface area contributed by atoms with Crippen molar-refractivity contribution in [3.8, 4) is 11.3 Å².